The van der Waals surface area contributed by atoms with Crippen LogP contribution in [0, 0.1) is 0 Å². The maximum Gasteiger partial charge on any atom is 0.0212 e. The highest BCUT2D eigenvalue weighted by molar-refractivity contribution is 7.77. The van der Waals surface area contributed by atoms with Crippen molar-refractivity contribution in [2.75, 3.05) is 26.7 Å². The average Bonchev–Trinajstić information content (AvgIpc) is 1.97. The molecule has 10 heavy (non-hydrogen) atoms. The van der Waals surface area contributed by atoms with Gasteiger partial charge in [-0.05, 0) is 13.5 Å². The monoisotopic (exact) mass is 162 g/mol. The molecule has 0 amide bonds. The molecule has 0 unspecified atom stereocenters. The zero-order valence-electron chi connectivity index (χ0n) is 6.93. The molecule has 0 aliphatic heterocycles. The third kappa shape index (κ3) is 6.39. The van der Waals surface area contributed by atoms with Crippen molar-refractivity contribution in [3.05, 3.63) is 0 Å². The fraction of sp³-hybridized carbons (Fsp3) is 1.00. The topological polar surface area (TPSA) is 15.3 Å². The van der Waals surface area contributed by atoms with Gasteiger partial charge in [0.15, 0.2) is 0 Å². The van der Waals surface area contributed by atoms with E-state index in [4.69, 9.17) is 0 Å². The summed E-state index contributed by atoms with van der Waals surface area (Å²) < 4.78 is 2.06. The predicted molar refractivity (Wildman–Crippen MR) is 49.4 cm³/mol. The lowest BCUT2D eigenvalue weighted by atomic mass is 10.3. The number of hydrogen-bond donors (Lipinski definition) is 2. The van der Waals surface area contributed by atoms with E-state index < -0.39 is 0 Å². The predicted octanol–water partition coefficient (Wildman–Crippen LogP) is 1.15. The SMILES string of the molecule is CCCCN(S)CCNC. The Hall–Kier alpha value is 0.270. The molecule has 62 valence electrons. The molecule has 0 spiro atoms. The van der Waals surface area contributed by atoms with Crippen LogP contribution in [0.1, 0.15) is 19.8 Å². The molecule has 3 heteroatoms. The third-order valence-electron chi connectivity index (χ3n) is 1.39. The molecule has 0 radical (unpaired) electrons. The van der Waals surface area contributed by atoms with E-state index in [0.29, 0.717) is 0 Å². The first-order valence-corrected chi connectivity index (χ1v) is 4.29. The highest BCUT2D eigenvalue weighted by Crippen LogP contribution is 1.96. The second-order valence-electron chi connectivity index (χ2n) is 2.41. The van der Waals surface area contributed by atoms with Crippen LogP contribution in [0.2, 0.25) is 0 Å². The maximum absolute atomic E-state index is 4.29. The smallest absolute Gasteiger partial charge is 0.0212 e. The summed E-state index contributed by atoms with van der Waals surface area (Å²) in [5, 5.41) is 3.08. The van der Waals surface area contributed by atoms with Gasteiger partial charge in [-0.1, -0.05) is 26.2 Å². The van der Waals surface area contributed by atoms with Crippen LogP contribution in [-0.2, 0) is 0 Å². The summed E-state index contributed by atoms with van der Waals surface area (Å²) in [7, 11) is 1.96. The number of unbranched alkanes of at least 4 members (excludes halogenated alkanes) is 1. The van der Waals surface area contributed by atoms with Gasteiger partial charge in [-0.25, -0.2) is 0 Å². The standard InChI is InChI=1S/C7H18N2S/c1-3-4-6-9(10)7-5-8-2/h8,10H,3-7H2,1-2H3. The van der Waals surface area contributed by atoms with Crippen LogP contribution in [0.5, 0.6) is 0 Å². The Balaban J connectivity index is 3.00. The molecule has 0 rings (SSSR count). The summed E-state index contributed by atoms with van der Waals surface area (Å²) in [6, 6.07) is 0. The van der Waals surface area contributed by atoms with E-state index in [0.717, 1.165) is 19.6 Å². The van der Waals surface area contributed by atoms with Gasteiger partial charge in [0.25, 0.3) is 0 Å². The van der Waals surface area contributed by atoms with Gasteiger partial charge in [0.1, 0.15) is 0 Å². The van der Waals surface area contributed by atoms with Gasteiger partial charge in [0.2, 0.25) is 0 Å². The van der Waals surface area contributed by atoms with Gasteiger partial charge >= 0.3 is 0 Å². The van der Waals surface area contributed by atoms with E-state index in [2.05, 4.69) is 29.4 Å². The lowest BCUT2D eigenvalue weighted by Gasteiger charge is -2.13. The zero-order chi connectivity index (χ0) is 7.82. The van der Waals surface area contributed by atoms with Gasteiger partial charge in [0, 0.05) is 19.6 Å². The number of rotatable bonds is 6. The van der Waals surface area contributed by atoms with Crippen LogP contribution in [0.3, 0.4) is 0 Å². The Morgan fingerprint density at radius 2 is 2.10 bits per heavy atom. The minimum atomic E-state index is 1.02. The van der Waals surface area contributed by atoms with Crippen LogP contribution in [-0.4, -0.2) is 31.0 Å². The Morgan fingerprint density at radius 3 is 2.60 bits per heavy atom. The van der Waals surface area contributed by atoms with Crippen molar-refractivity contribution < 1.29 is 0 Å². The van der Waals surface area contributed by atoms with E-state index in [1.165, 1.54) is 12.8 Å². The summed E-state index contributed by atoms with van der Waals surface area (Å²) in [5.41, 5.74) is 0. The fourth-order valence-electron chi connectivity index (χ4n) is 0.693. The number of likely N-dealkylation sites (N-methyl/N-ethyl adjacent to an activating group) is 1. The summed E-state index contributed by atoms with van der Waals surface area (Å²) in [6.45, 7) is 5.34. The molecule has 0 saturated heterocycles. The molecule has 0 bridgehead atoms. The van der Waals surface area contributed by atoms with Crippen molar-refractivity contribution in [3.8, 4) is 0 Å². The average molecular weight is 162 g/mol. The first-order valence-electron chi connectivity index (χ1n) is 3.89. The normalized spacial score (nSPS) is 10.8. The first kappa shape index (κ1) is 10.3. The Kier molecular flexibility index (Phi) is 7.58. The largest absolute Gasteiger partial charge is 0.318 e. The highest BCUT2D eigenvalue weighted by Gasteiger charge is 1.95. The van der Waals surface area contributed by atoms with Crippen LogP contribution in [0.25, 0.3) is 0 Å². The molecular formula is C7H18N2S. The van der Waals surface area contributed by atoms with E-state index in [1.807, 2.05) is 7.05 Å². The van der Waals surface area contributed by atoms with Crippen molar-refractivity contribution in [1.82, 2.24) is 9.62 Å². The van der Waals surface area contributed by atoms with Gasteiger partial charge in [0.05, 0.1) is 0 Å². The molecule has 0 aromatic rings. The van der Waals surface area contributed by atoms with E-state index in [9.17, 15) is 0 Å². The van der Waals surface area contributed by atoms with Gasteiger partial charge in [-0.3, -0.25) is 4.31 Å². The molecule has 0 saturated carbocycles. The zero-order valence-corrected chi connectivity index (χ0v) is 7.82. The Bertz CT molecular complexity index is 60.6. The molecule has 0 aliphatic carbocycles. The van der Waals surface area contributed by atoms with E-state index in [1.54, 1.807) is 0 Å². The summed E-state index contributed by atoms with van der Waals surface area (Å²) in [5.74, 6) is 0. The molecule has 0 aliphatic rings. The van der Waals surface area contributed by atoms with Crippen LogP contribution < -0.4 is 5.32 Å². The lowest BCUT2D eigenvalue weighted by Crippen LogP contribution is -2.24. The minimum Gasteiger partial charge on any atom is -0.318 e. The minimum absolute atomic E-state index is 1.02. The fourth-order valence-corrected chi connectivity index (χ4v) is 0.935. The number of nitrogens with zero attached hydrogens (tertiary/aromatic N) is 1. The molecular weight excluding hydrogens is 144 g/mol. The highest BCUT2D eigenvalue weighted by atomic mass is 32.1. The molecule has 0 heterocycles. The van der Waals surface area contributed by atoms with Crippen molar-refractivity contribution in [1.29, 1.82) is 0 Å². The number of nitrogens with one attached hydrogen (secondary N) is 1. The molecule has 2 nitrogen and oxygen atoms in total. The summed E-state index contributed by atoms with van der Waals surface area (Å²) in [6.07, 6.45) is 2.49. The van der Waals surface area contributed by atoms with Crippen molar-refractivity contribution >= 4 is 12.8 Å². The maximum atomic E-state index is 4.29. The second kappa shape index (κ2) is 7.38. The van der Waals surface area contributed by atoms with Crippen LogP contribution in [0.4, 0.5) is 0 Å². The van der Waals surface area contributed by atoms with E-state index >= 15 is 0 Å². The molecule has 1 N–H and O–H groups in total. The van der Waals surface area contributed by atoms with Crippen molar-refractivity contribution in [3.63, 3.8) is 0 Å². The molecule has 0 aromatic heterocycles. The molecule has 0 aromatic carbocycles. The van der Waals surface area contributed by atoms with Gasteiger partial charge in [-0.15, -0.1) is 0 Å². The Morgan fingerprint density at radius 1 is 1.40 bits per heavy atom. The first-order chi connectivity index (χ1) is 4.81. The lowest BCUT2D eigenvalue weighted by molar-refractivity contribution is 0.458. The quantitative estimate of drug-likeness (QED) is 0.570. The van der Waals surface area contributed by atoms with Crippen molar-refractivity contribution in [2.24, 2.45) is 0 Å². The van der Waals surface area contributed by atoms with Gasteiger partial charge in [-0.2, -0.15) is 0 Å². The Labute approximate surface area is 69.5 Å². The van der Waals surface area contributed by atoms with Crippen LogP contribution in [0.15, 0.2) is 0 Å². The molecule has 0 atom stereocenters. The van der Waals surface area contributed by atoms with Crippen LogP contribution >= 0.6 is 12.8 Å². The van der Waals surface area contributed by atoms with Crippen molar-refractivity contribution in [2.45, 2.75) is 19.8 Å². The molecule has 0 fully saturated rings. The van der Waals surface area contributed by atoms with Gasteiger partial charge < -0.3 is 5.32 Å². The second-order valence-corrected chi connectivity index (χ2v) is 2.98. The summed E-state index contributed by atoms with van der Waals surface area (Å²) >= 11 is 4.29. The third-order valence-corrected chi connectivity index (χ3v) is 1.79. The summed E-state index contributed by atoms with van der Waals surface area (Å²) in [4.78, 5) is 0. The van der Waals surface area contributed by atoms with E-state index in [-0.39, 0.29) is 0 Å². The number of hydrogen-bond acceptors (Lipinski definition) is 3. The number of thiol groups is 1.